The number of hydrogen-bond acceptors (Lipinski definition) is 7. The first kappa shape index (κ1) is 18.7. The lowest BCUT2D eigenvalue weighted by atomic mass is 10.0. The Labute approximate surface area is 176 Å². The van der Waals surface area contributed by atoms with Crippen molar-refractivity contribution in [2.45, 2.75) is 12.8 Å². The zero-order valence-electron chi connectivity index (χ0n) is 16.3. The van der Waals surface area contributed by atoms with Gasteiger partial charge < -0.3 is 16.4 Å². The fraction of sp³-hybridized carbons (Fsp3) is 0.143. The van der Waals surface area contributed by atoms with Crippen LogP contribution in [0.25, 0.3) is 22.0 Å². The zero-order valence-corrected chi connectivity index (χ0v) is 16.3. The maximum absolute atomic E-state index is 12.7. The number of aromatic amines is 1. The van der Waals surface area contributed by atoms with Crippen molar-refractivity contribution in [1.29, 1.82) is 0 Å². The Balaban J connectivity index is 1.43. The standard InChI is InChI=1S/C21H18N8O2/c22-21-24-9-15(10-25-21)27-20(31)18-16-6-12(3-4-17(16)28-29-18)13-5-14(8-23-7-13)26-19(30)11-1-2-11/h3-11H,1-2H2,(H,26,30)(H,27,31)(H,28,29)(H2,22,24,25). The maximum atomic E-state index is 12.7. The van der Waals surface area contributed by atoms with Crippen LogP contribution in [0.4, 0.5) is 17.3 Å². The number of benzene rings is 1. The van der Waals surface area contributed by atoms with Gasteiger partial charge in [-0.15, -0.1) is 0 Å². The van der Waals surface area contributed by atoms with Crippen LogP contribution in [0.3, 0.4) is 0 Å². The number of hydrogen-bond donors (Lipinski definition) is 4. The smallest absolute Gasteiger partial charge is 0.276 e. The Kier molecular flexibility index (Phi) is 4.51. The SMILES string of the molecule is Nc1ncc(NC(=O)c2n[nH]c3ccc(-c4cncc(NC(=O)C5CC5)c4)cc23)cn1. The topological polar surface area (TPSA) is 152 Å². The van der Waals surface area contributed by atoms with Gasteiger partial charge in [0.25, 0.3) is 5.91 Å². The normalized spacial score (nSPS) is 13.2. The average Bonchev–Trinajstić information content (AvgIpc) is 3.54. The molecule has 2 amide bonds. The minimum absolute atomic E-state index is 0.0230. The molecule has 5 rings (SSSR count). The number of anilines is 3. The highest BCUT2D eigenvalue weighted by Gasteiger charge is 2.29. The number of pyridine rings is 1. The number of aromatic nitrogens is 5. The fourth-order valence-corrected chi connectivity index (χ4v) is 3.22. The number of nitrogens with one attached hydrogen (secondary N) is 3. The molecule has 1 saturated carbocycles. The maximum Gasteiger partial charge on any atom is 0.276 e. The third-order valence-corrected chi connectivity index (χ3v) is 4.99. The van der Waals surface area contributed by atoms with E-state index in [2.05, 4.69) is 35.8 Å². The van der Waals surface area contributed by atoms with Crippen molar-refractivity contribution >= 4 is 40.0 Å². The number of fused-ring (bicyclic) bond motifs is 1. The number of nitrogens with two attached hydrogens (primary N) is 1. The lowest BCUT2D eigenvalue weighted by Crippen LogP contribution is -2.13. The summed E-state index contributed by atoms with van der Waals surface area (Å²) in [7, 11) is 0. The summed E-state index contributed by atoms with van der Waals surface area (Å²) >= 11 is 0. The first-order chi connectivity index (χ1) is 15.1. The average molecular weight is 414 g/mol. The number of H-pyrrole nitrogens is 1. The Morgan fingerprint density at radius 2 is 1.77 bits per heavy atom. The molecule has 5 N–H and O–H groups in total. The van der Waals surface area contributed by atoms with E-state index in [9.17, 15) is 9.59 Å². The number of nitrogen functional groups attached to an aromatic ring is 1. The molecule has 1 aliphatic rings. The molecule has 0 spiro atoms. The van der Waals surface area contributed by atoms with Crippen LogP contribution in [0.1, 0.15) is 23.3 Å². The predicted molar refractivity (Wildman–Crippen MR) is 115 cm³/mol. The first-order valence-corrected chi connectivity index (χ1v) is 9.70. The second kappa shape index (κ2) is 7.48. The summed E-state index contributed by atoms with van der Waals surface area (Å²) in [6, 6.07) is 7.46. The van der Waals surface area contributed by atoms with Crippen molar-refractivity contribution in [2.24, 2.45) is 5.92 Å². The van der Waals surface area contributed by atoms with Crippen molar-refractivity contribution < 1.29 is 9.59 Å². The summed E-state index contributed by atoms with van der Waals surface area (Å²) in [6.07, 6.45) is 8.04. The van der Waals surface area contributed by atoms with Gasteiger partial charge in [0.1, 0.15) is 0 Å². The molecule has 10 nitrogen and oxygen atoms in total. The second-order valence-corrected chi connectivity index (χ2v) is 7.34. The van der Waals surface area contributed by atoms with Crippen LogP contribution in [0, 0.1) is 5.92 Å². The summed E-state index contributed by atoms with van der Waals surface area (Å²) < 4.78 is 0. The highest BCUT2D eigenvalue weighted by atomic mass is 16.2. The molecule has 0 unspecified atom stereocenters. The van der Waals surface area contributed by atoms with Gasteiger partial charge in [0.2, 0.25) is 11.9 Å². The van der Waals surface area contributed by atoms with E-state index in [1.54, 1.807) is 12.4 Å². The lowest BCUT2D eigenvalue weighted by molar-refractivity contribution is -0.117. The van der Waals surface area contributed by atoms with E-state index in [0.29, 0.717) is 22.3 Å². The molecule has 0 aliphatic heterocycles. The summed E-state index contributed by atoms with van der Waals surface area (Å²) in [5, 5.41) is 13.3. The second-order valence-electron chi connectivity index (χ2n) is 7.34. The molecule has 1 aromatic carbocycles. The van der Waals surface area contributed by atoms with Gasteiger partial charge in [0.15, 0.2) is 5.69 Å². The molecule has 0 atom stereocenters. The van der Waals surface area contributed by atoms with Crippen molar-refractivity contribution in [3.8, 4) is 11.1 Å². The van der Waals surface area contributed by atoms with Crippen LogP contribution in [0.15, 0.2) is 49.1 Å². The van der Waals surface area contributed by atoms with Gasteiger partial charge >= 0.3 is 0 Å². The molecule has 10 heteroatoms. The molecule has 3 aromatic heterocycles. The molecule has 1 aliphatic carbocycles. The Bertz CT molecular complexity index is 1290. The molecule has 0 saturated heterocycles. The van der Waals surface area contributed by atoms with E-state index in [-0.39, 0.29) is 23.5 Å². The summed E-state index contributed by atoms with van der Waals surface area (Å²) in [5.74, 6) is -0.148. The fourth-order valence-electron chi connectivity index (χ4n) is 3.22. The van der Waals surface area contributed by atoms with Crippen LogP contribution in [0.2, 0.25) is 0 Å². The Hall–Kier alpha value is -4.34. The molecule has 3 heterocycles. The Morgan fingerprint density at radius 3 is 2.55 bits per heavy atom. The van der Waals surface area contributed by atoms with Crippen LogP contribution in [-0.2, 0) is 4.79 Å². The van der Waals surface area contributed by atoms with Gasteiger partial charge in [-0.05, 0) is 36.6 Å². The molecule has 1 fully saturated rings. The molecule has 0 bridgehead atoms. The van der Waals surface area contributed by atoms with Crippen molar-refractivity contribution in [3.63, 3.8) is 0 Å². The predicted octanol–water partition coefficient (Wildman–Crippen LogP) is 2.60. The van der Waals surface area contributed by atoms with Gasteiger partial charge in [0, 0.05) is 23.1 Å². The van der Waals surface area contributed by atoms with Crippen LogP contribution < -0.4 is 16.4 Å². The van der Waals surface area contributed by atoms with Gasteiger partial charge in [-0.25, -0.2) is 9.97 Å². The van der Waals surface area contributed by atoms with E-state index < -0.39 is 5.91 Å². The largest absolute Gasteiger partial charge is 0.368 e. The van der Waals surface area contributed by atoms with Crippen LogP contribution in [-0.4, -0.2) is 37.0 Å². The van der Waals surface area contributed by atoms with E-state index in [0.717, 1.165) is 24.0 Å². The van der Waals surface area contributed by atoms with Gasteiger partial charge in [-0.3, -0.25) is 19.7 Å². The summed E-state index contributed by atoms with van der Waals surface area (Å²) in [5.41, 5.74) is 9.13. The van der Waals surface area contributed by atoms with E-state index >= 15 is 0 Å². The molecule has 4 aromatic rings. The third-order valence-electron chi connectivity index (χ3n) is 4.99. The highest BCUT2D eigenvalue weighted by Crippen LogP contribution is 2.31. The minimum atomic E-state index is -0.402. The minimum Gasteiger partial charge on any atom is -0.368 e. The quantitative estimate of drug-likeness (QED) is 0.392. The van der Waals surface area contributed by atoms with Crippen molar-refractivity contribution in [2.75, 3.05) is 16.4 Å². The van der Waals surface area contributed by atoms with Gasteiger partial charge in [-0.1, -0.05) is 6.07 Å². The summed E-state index contributed by atoms with van der Waals surface area (Å²) in [6.45, 7) is 0. The molecule has 154 valence electrons. The lowest BCUT2D eigenvalue weighted by Gasteiger charge is -2.07. The number of rotatable bonds is 5. The number of nitrogens with zero attached hydrogens (tertiary/aromatic N) is 4. The monoisotopic (exact) mass is 414 g/mol. The van der Waals surface area contributed by atoms with Crippen molar-refractivity contribution in [1.82, 2.24) is 25.1 Å². The molecular weight excluding hydrogens is 396 g/mol. The van der Waals surface area contributed by atoms with Crippen LogP contribution in [0.5, 0.6) is 0 Å². The van der Waals surface area contributed by atoms with Crippen LogP contribution >= 0.6 is 0 Å². The van der Waals surface area contributed by atoms with Gasteiger partial charge in [-0.2, -0.15) is 5.10 Å². The molecule has 31 heavy (non-hydrogen) atoms. The van der Waals surface area contributed by atoms with Crippen molar-refractivity contribution in [3.05, 3.63) is 54.7 Å². The van der Waals surface area contributed by atoms with Gasteiger partial charge in [0.05, 0.1) is 35.5 Å². The molecular formula is C21H18N8O2. The first-order valence-electron chi connectivity index (χ1n) is 9.70. The number of carbonyl (C=O) groups excluding carboxylic acids is 2. The third kappa shape index (κ3) is 3.90. The molecule has 0 radical (unpaired) electrons. The van der Waals surface area contributed by atoms with E-state index in [4.69, 9.17) is 5.73 Å². The van der Waals surface area contributed by atoms with E-state index in [1.165, 1.54) is 12.4 Å². The summed E-state index contributed by atoms with van der Waals surface area (Å²) in [4.78, 5) is 36.7. The Morgan fingerprint density at radius 1 is 0.968 bits per heavy atom. The highest BCUT2D eigenvalue weighted by molar-refractivity contribution is 6.11. The number of amides is 2. The zero-order chi connectivity index (χ0) is 21.4. The number of carbonyl (C=O) groups is 2. The van der Waals surface area contributed by atoms with E-state index in [1.807, 2.05) is 24.3 Å².